The van der Waals surface area contributed by atoms with Gasteiger partial charge in [-0.3, -0.25) is 0 Å². The number of hydrogen-bond donors (Lipinski definition) is 0. The molecule has 1 heterocycles. The molecule has 86 valence electrons. The van der Waals surface area contributed by atoms with Crippen LogP contribution in [0.4, 0.5) is 3.89 Å². The molecule has 14 heavy (non-hydrogen) atoms. The van der Waals surface area contributed by atoms with Gasteiger partial charge in [-0.25, -0.2) is 8.42 Å². The molecule has 0 unspecified atom stereocenters. The molecule has 4 nitrogen and oxygen atoms in total. The van der Waals surface area contributed by atoms with E-state index in [1.54, 1.807) is 0 Å². The van der Waals surface area contributed by atoms with Crippen LogP contribution in [0.5, 0.6) is 0 Å². The third kappa shape index (κ3) is 8.40. The summed E-state index contributed by atoms with van der Waals surface area (Å²) in [6.45, 7) is 6.52. The Hall–Kier alpha value is -0.200. The molecule has 1 aliphatic rings. The van der Waals surface area contributed by atoms with Gasteiger partial charge in [-0.1, -0.05) is 6.92 Å². The average Bonchev–Trinajstić information content (AvgIpc) is 2.33. The van der Waals surface area contributed by atoms with E-state index in [1.165, 1.54) is 43.4 Å². The number of rotatable bonds is 2. The lowest BCUT2D eigenvalue weighted by Crippen LogP contribution is -2.41. The van der Waals surface area contributed by atoms with Gasteiger partial charge in [0.2, 0.25) is 10.4 Å². The van der Waals surface area contributed by atoms with Crippen molar-refractivity contribution in [2.24, 2.45) is 0 Å². The SMILES string of the molecule is CCC[N+]1(C)CCCC1.[NH-]S(=O)(=O)F. The normalized spacial score (nSPS) is 20.0. The van der Waals surface area contributed by atoms with Crippen LogP contribution in [0.1, 0.15) is 26.2 Å². The Labute approximate surface area is 85.8 Å². The van der Waals surface area contributed by atoms with Crippen LogP contribution >= 0.6 is 0 Å². The first-order valence-electron chi connectivity index (χ1n) is 4.79. The van der Waals surface area contributed by atoms with E-state index in [1.807, 2.05) is 0 Å². The summed E-state index contributed by atoms with van der Waals surface area (Å²) in [7, 11) is -2.53. The first-order valence-corrected chi connectivity index (χ1v) is 6.18. The number of nitrogens with one attached hydrogen (secondary N) is 1. The van der Waals surface area contributed by atoms with E-state index in [9.17, 15) is 3.89 Å². The summed E-state index contributed by atoms with van der Waals surface area (Å²) in [5.41, 5.74) is 0. The van der Waals surface area contributed by atoms with Crippen LogP contribution in [-0.4, -0.2) is 39.6 Å². The van der Waals surface area contributed by atoms with Gasteiger partial charge in [0.1, 0.15) is 0 Å². The molecule has 0 atom stereocenters. The molecule has 0 aromatic carbocycles. The Balaban J connectivity index is 0.000000292. The molecule has 0 amide bonds. The topological polar surface area (TPSA) is 57.9 Å². The maximum Gasteiger partial charge on any atom is 0.226 e. The van der Waals surface area contributed by atoms with Crippen molar-refractivity contribution in [2.45, 2.75) is 26.2 Å². The van der Waals surface area contributed by atoms with Gasteiger partial charge in [0, 0.05) is 12.8 Å². The lowest BCUT2D eigenvalue weighted by molar-refractivity contribution is -0.897. The second-order valence-corrected chi connectivity index (χ2v) is 4.81. The molecule has 0 saturated carbocycles. The predicted molar refractivity (Wildman–Crippen MR) is 54.7 cm³/mol. The number of hydrogen-bond acceptors (Lipinski definition) is 2. The molecule has 1 aliphatic heterocycles. The molecule has 0 aliphatic carbocycles. The summed E-state index contributed by atoms with van der Waals surface area (Å²) in [5.74, 6) is 0. The number of likely N-dealkylation sites (tertiary alicyclic amines) is 1. The third-order valence-corrected chi connectivity index (χ3v) is 2.41. The van der Waals surface area contributed by atoms with Crippen molar-refractivity contribution >= 4 is 10.4 Å². The lowest BCUT2D eigenvalue weighted by Gasteiger charge is -2.28. The molecule has 0 aromatic heterocycles. The van der Waals surface area contributed by atoms with Crippen molar-refractivity contribution in [2.75, 3.05) is 26.7 Å². The highest BCUT2D eigenvalue weighted by atomic mass is 32.3. The van der Waals surface area contributed by atoms with Crippen LogP contribution in [0, 0.1) is 0 Å². The zero-order chi connectivity index (χ0) is 11.2. The fourth-order valence-electron chi connectivity index (χ4n) is 1.86. The summed E-state index contributed by atoms with van der Waals surface area (Å²) >= 11 is 0. The average molecular weight is 226 g/mol. The summed E-state index contributed by atoms with van der Waals surface area (Å²) in [6, 6.07) is 0. The third-order valence-electron chi connectivity index (χ3n) is 2.41. The quantitative estimate of drug-likeness (QED) is 0.533. The van der Waals surface area contributed by atoms with E-state index in [0.717, 1.165) is 0 Å². The molecule has 6 heteroatoms. The smallest absolute Gasteiger partial charge is 0.226 e. The molecule has 0 spiro atoms. The monoisotopic (exact) mass is 226 g/mol. The standard InChI is InChI=1S/C8H18N.FHNO2S/c1-3-6-9(2)7-4-5-8-9;1-5(2,3)4/h3-8H2,1-2H3;(H-,2,3,4)/q+1;-1. The van der Waals surface area contributed by atoms with Crippen molar-refractivity contribution in [1.29, 1.82) is 0 Å². The largest absolute Gasteiger partial charge is 0.536 e. The zero-order valence-electron chi connectivity index (χ0n) is 8.79. The second-order valence-electron chi connectivity index (χ2n) is 3.94. The van der Waals surface area contributed by atoms with E-state index in [0.29, 0.717) is 0 Å². The predicted octanol–water partition coefficient (Wildman–Crippen LogP) is 1.89. The molecular formula is C8H19FN2O2S. The van der Waals surface area contributed by atoms with E-state index >= 15 is 0 Å². The minimum Gasteiger partial charge on any atom is -0.536 e. The van der Waals surface area contributed by atoms with Crippen LogP contribution < -0.4 is 0 Å². The Kier molecular flexibility index (Phi) is 5.54. The highest BCUT2D eigenvalue weighted by Crippen LogP contribution is 2.15. The van der Waals surface area contributed by atoms with Crippen molar-refractivity contribution in [3.05, 3.63) is 5.14 Å². The minimum absolute atomic E-state index is 1.34. The van der Waals surface area contributed by atoms with E-state index in [4.69, 9.17) is 13.6 Å². The Morgan fingerprint density at radius 1 is 1.36 bits per heavy atom. The van der Waals surface area contributed by atoms with E-state index < -0.39 is 10.4 Å². The fraction of sp³-hybridized carbons (Fsp3) is 1.00. The molecule has 1 saturated heterocycles. The van der Waals surface area contributed by atoms with Crippen LogP contribution in [0.15, 0.2) is 0 Å². The molecule has 1 N–H and O–H groups in total. The van der Waals surface area contributed by atoms with Gasteiger partial charge >= 0.3 is 0 Å². The van der Waals surface area contributed by atoms with Crippen LogP contribution in [0.3, 0.4) is 0 Å². The maximum atomic E-state index is 10.3. The first kappa shape index (κ1) is 13.8. The van der Waals surface area contributed by atoms with Crippen LogP contribution in [0.25, 0.3) is 5.14 Å². The van der Waals surface area contributed by atoms with E-state index in [-0.39, 0.29) is 0 Å². The molecule has 0 aromatic rings. The van der Waals surface area contributed by atoms with Gasteiger partial charge in [-0.15, -0.1) is 3.89 Å². The van der Waals surface area contributed by atoms with Crippen molar-refractivity contribution in [3.63, 3.8) is 0 Å². The summed E-state index contributed by atoms with van der Waals surface area (Å²) in [6.07, 6.45) is 4.25. The van der Waals surface area contributed by atoms with Crippen molar-refractivity contribution in [1.82, 2.24) is 0 Å². The van der Waals surface area contributed by atoms with Gasteiger partial charge in [-0.05, 0) is 6.42 Å². The van der Waals surface area contributed by atoms with Gasteiger partial charge in [0.25, 0.3) is 0 Å². The van der Waals surface area contributed by atoms with Gasteiger partial charge in [-0.2, -0.15) is 0 Å². The Morgan fingerprint density at radius 3 is 2.00 bits per heavy atom. The Morgan fingerprint density at radius 2 is 1.71 bits per heavy atom. The molecule has 1 rings (SSSR count). The van der Waals surface area contributed by atoms with Gasteiger partial charge in [0.05, 0.1) is 26.7 Å². The molecule has 0 radical (unpaired) electrons. The lowest BCUT2D eigenvalue weighted by atomic mass is 10.4. The summed E-state index contributed by atoms with van der Waals surface area (Å²) in [5, 5.41) is 5.24. The first-order chi connectivity index (χ1) is 6.27. The van der Waals surface area contributed by atoms with Crippen LogP contribution in [-0.2, 0) is 10.4 Å². The Bertz CT molecular complexity index is 240. The van der Waals surface area contributed by atoms with Gasteiger partial charge in [0.15, 0.2) is 0 Å². The minimum atomic E-state index is -4.92. The summed E-state index contributed by atoms with van der Waals surface area (Å²) < 4.78 is 28.9. The maximum absolute atomic E-state index is 10.3. The van der Waals surface area contributed by atoms with Crippen molar-refractivity contribution < 1.29 is 16.8 Å². The number of quaternary nitrogens is 1. The number of nitrogens with zero attached hydrogens (tertiary/aromatic N) is 1. The van der Waals surface area contributed by atoms with E-state index in [2.05, 4.69) is 14.0 Å². The highest BCUT2D eigenvalue weighted by molar-refractivity contribution is 7.88. The second kappa shape index (κ2) is 5.63. The number of halogens is 1. The van der Waals surface area contributed by atoms with Crippen LogP contribution in [0.2, 0.25) is 0 Å². The summed E-state index contributed by atoms with van der Waals surface area (Å²) in [4.78, 5) is 0. The fourth-order valence-corrected chi connectivity index (χ4v) is 1.86. The van der Waals surface area contributed by atoms with Crippen molar-refractivity contribution in [3.8, 4) is 0 Å². The highest BCUT2D eigenvalue weighted by Gasteiger charge is 2.24. The molecule has 0 bridgehead atoms. The molecular weight excluding hydrogens is 207 g/mol. The zero-order valence-corrected chi connectivity index (χ0v) is 9.61. The molecule has 1 fully saturated rings. The van der Waals surface area contributed by atoms with Gasteiger partial charge < -0.3 is 9.62 Å².